The number of ether oxygens (including phenoxy) is 1. The molecule has 0 aliphatic rings. The molecule has 11 heteroatoms. The Kier molecular flexibility index (Phi) is 8.30. The predicted octanol–water partition coefficient (Wildman–Crippen LogP) is 3.48. The van der Waals surface area contributed by atoms with Crippen LogP contribution in [-0.2, 0) is 32.5 Å². The lowest BCUT2D eigenvalue weighted by Crippen LogP contribution is -2.32. The van der Waals surface area contributed by atoms with E-state index in [1.54, 1.807) is 4.57 Å². The topological polar surface area (TPSA) is 103 Å². The van der Waals surface area contributed by atoms with E-state index in [2.05, 4.69) is 19.7 Å². The Morgan fingerprint density at radius 1 is 1.16 bits per heavy atom. The van der Waals surface area contributed by atoms with E-state index in [0.717, 1.165) is 5.56 Å². The molecule has 0 aliphatic heterocycles. The number of carbonyl (C=O) groups is 1. The first-order valence-electron chi connectivity index (χ1n) is 9.78. The minimum atomic E-state index is -3.86. The zero-order chi connectivity index (χ0) is 23.1. The lowest BCUT2D eigenvalue weighted by atomic mass is 10.1. The number of nitrogens with one attached hydrogen (secondary N) is 1. The molecule has 0 saturated heterocycles. The molecule has 1 aromatic heterocycles. The summed E-state index contributed by atoms with van der Waals surface area (Å²) in [6.07, 6.45) is 0.369. The van der Waals surface area contributed by atoms with Gasteiger partial charge in [0.05, 0.1) is 23.8 Å². The van der Waals surface area contributed by atoms with Gasteiger partial charge < -0.3 is 9.30 Å². The third-order valence-electron chi connectivity index (χ3n) is 4.62. The molecular formula is C21H23ClN4O4S2. The van der Waals surface area contributed by atoms with Crippen molar-refractivity contribution in [1.82, 2.24) is 19.5 Å². The SMILES string of the molecule is CCn1c(SCC(=O)OC)nnc1[C@@H](Cc1ccccc1)NS(=O)(=O)c1ccc(Cl)cc1. The quantitative estimate of drug-likeness (QED) is 0.340. The highest BCUT2D eigenvalue weighted by Gasteiger charge is 2.27. The lowest BCUT2D eigenvalue weighted by molar-refractivity contribution is -0.137. The third-order valence-corrected chi connectivity index (χ3v) is 7.30. The summed E-state index contributed by atoms with van der Waals surface area (Å²) in [6.45, 7) is 2.40. The Bertz CT molecular complexity index is 1150. The molecule has 0 amide bonds. The Balaban J connectivity index is 1.95. The molecule has 2 aromatic carbocycles. The third kappa shape index (κ3) is 6.10. The highest BCUT2D eigenvalue weighted by atomic mass is 35.5. The van der Waals surface area contributed by atoms with Crippen molar-refractivity contribution >= 4 is 39.4 Å². The molecule has 0 fully saturated rings. The number of aromatic nitrogens is 3. The Morgan fingerprint density at radius 3 is 2.47 bits per heavy atom. The van der Waals surface area contributed by atoms with Crippen molar-refractivity contribution in [1.29, 1.82) is 0 Å². The van der Waals surface area contributed by atoms with E-state index >= 15 is 0 Å². The number of methoxy groups -OCH3 is 1. The van der Waals surface area contributed by atoms with Crippen molar-refractivity contribution in [2.75, 3.05) is 12.9 Å². The highest BCUT2D eigenvalue weighted by Crippen LogP contribution is 2.25. The molecule has 1 atom stereocenters. The van der Waals surface area contributed by atoms with Gasteiger partial charge in [0, 0.05) is 11.6 Å². The maximum atomic E-state index is 13.1. The number of rotatable bonds is 10. The fraction of sp³-hybridized carbons (Fsp3) is 0.286. The highest BCUT2D eigenvalue weighted by molar-refractivity contribution is 7.99. The first-order chi connectivity index (χ1) is 15.3. The first-order valence-corrected chi connectivity index (χ1v) is 12.6. The standard InChI is InChI=1S/C21H23ClN4O4S2/c1-3-26-20(23-24-21(26)31-14-19(27)30-2)18(13-15-7-5-4-6-8-15)25-32(28,29)17-11-9-16(22)10-12-17/h4-12,18,25H,3,13-14H2,1-2H3/t18-/m1/s1. The van der Waals surface area contributed by atoms with Crippen LogP contribution >= 0.6 is 23.4 Å². The maximum Gasteiger partial charge on any atom is 0.316 e. The second kappa shape index (κ2) is 11.0. The molecule has 8 nitrogen and oxygen atoms in total. The Labute approximate surface area is 196 Å². The fourth-order valence-electron chi connectivity index (χ4n) is 3.05. The summed E-state index contributed by atoms with van der Waals surface area (Å²) in [7, 11) is -2.54. The number of nitrogens with zero attached hydrogens (tertiary/aromatic N) is 3. The van der Waals surface area contributed by atoms with Crippen LogP contribution in [0.3, 0.4) is 0 Å². The van der Waals surface area contributed by atoms with Crippen LogP contribution in [-0.4, -0.2) is 42.0 Å². The number of thioether (sulfide) groups is 1. The van der Waals surface area contributed by atoms with Crippen LogP contribution < -0.4 is 4.72 Å². The first kappa shape index (κ1) is 24.2. The largest absolute Gasteiger partial charge is 0.468 e. The summed E-state index contributed by atoms with van der Waals surface area (Å²) in [5.41, 5.74) is 0.936. The number of esters is 1. The molecule has 170 valence electrons. The molecule has 0 bridgehead atoms. The molecule has 1 N–H and O–H groups in total. The van der Waals surface area contributed by atoms with Gasteiger partial charge in [-0.2, -0.15) is 0 Å². The number of benzene rings is 2. The van der Waals surface area contributed by atoms with Gasteiger partial charge >= 0.3 is 5.97 Å². The zero-order valence-electron chi connectivity index (χ0n) is 17.6. The number of halogens is 1. The minimum absolute atomic E-state index is 0.0779. The second-order valence-electron chi connectivity index (χ2n) is 6.77. The normalized spacial score (nSPS) is 12.5. The van der Waals surface area contributed by atoms with Gasteiger partial charge in [-0.15, -0.1) is 10.2 Å². The smallest absolute Gasteiger partial charge is 0.316 e. The monoisotopic (exact) mass is 494 g/mol. The van der Waals surface area contributed by atoms with E-state index in [1.807, 2.05) is 37.3 Å². The summed E-state index contributed by atoms with van der Waals surface area (Å²) < 4.78 is 35.4. The number of hydrogen-bond donors (Lipinski definition) is 1. The van der Waals surface area contributed by atoms with Gasteiger partial charge in [-0.05, 0) is 43.2 Å². The number of sulfonamides is 1. The van der Waals surface area contributed by atoms with E-state index in [9.17, 15) is 13.2 Å². The predicted molar refractivity (Wildman–Crippen MR) is 123 cm³/mol. The van der Waals surface area contributed by atoms with Crippen molar-refractivity contribution in [2.45, 2.75) is 36.0 Å². The van der Waals surface area contributed by atoms with Gasteiger partial charge in [-0.1, -0.05) is 53.7 Å². The fourth-order valence-corrected chi connectivity index (χ4v) is 5.21. The van der Waals surface area contributed by atoms with E-state index in [4.69, 9.17) is 11.6 Å². The second-order valence-corrected chi connectivity index (χ2v) is 9.86. The van der Waals surface area contributed by atoms with Crippen LogP contribution in [0.5, 0.6) is 0 Å². The van der Waals surface area contributed by atoms with E-state index < -0.39 is 16.1 Å². The summed E-state index contributed by atoms with van der Waals surface area (Å²) in [4.78, 5) is 11.6. The van der Waals surface area contributed by atoms with Crippen molar-refractivity contribution in [2.24, 2.45) is 0 Å². The van der Waals surface area contributed by atoms with Crippen LogP contribution in [0.15, 0.2) is 64.6 Å². The molecule has 3 rings (SSSR count). The number of carbonyl (C=O) groups excluding carboxylic acids is 1. The molecule has 0 saturated carbocycles. The van der Waals surface area contributed by atoms with Gasteiger partial charge in [-0.3, -0.25) is 4.79 Å². The van der Waals surface area contributed by atoms with Crippen LogP contribution in [0.4, 0.5) is 0 Å². The minimum Gasteiger partial charge on any atom is -0.468 e. The van der Waals surface area contributed by atoms with E-state index in [0.29, 0.717) is 29.0 Å². The zero-order valence-corrected chi connectivity index (χ0v) is 20.0. The van der Waals surface area contributed by atoms with Crippen LogP contribution in [0.25, 0.3) is 0 Å². The Hall–Kier alpha value is -2.40. The lowest BCUT2D eigenvalue weighted by Gasteiger charge is -2.19. The van der Waals surface area contributed by atoms with E-state index in [-0.39, 0.29) is 16.6 Å². The molecule has 0 aliphatic carbocycles. The Morgan fingerprint density at radius 2 is 1.84 bits per heavy atom. The van der Waals surface area contributed by atoms with Crippen molar-refractivity contribution < 1.29 is 17.9 Å². The molecule has 0 unspecified atom stereocenters. The summed E-state index contributed by atoms with van der Waals surface area (Å²) in [5, 5.41) is 9.41. The molecular weight excluding hydrogens is 472 g/mol. The van der Waals surface area contributed by atoms with Crippen LogP contribution in [0, 0.1) is 0 Å². The molecule has 32 heavy (non-hydrogen) atoms. The van der Waals surface area contributed by atoms with E-state index in [1.165, 1.54) is 43.1 Å². The molecule has 0 radical (unpaired) electrons. The summed E-state index contributed by atoms with van der Waals surface area (Å²) >= 11 is 7.09. The van der Waals surface area contributed by atoms with Crippen LogP contribution in [0.1, 0.15) is 24.4 Å². The average molecular weight is 495 g/mol. The molecule has 1 heterocycles. The average Bonchev–Trinajstić information content (AvgIpc) is 3.20. The van der Waals surface area contributed by atoms with Crippen molar-refractivity contribution in [3.8, 4) is 0 Å². The summed E-state index contributed by atoms with van der Waals surface area (Å²) in [6, 6.07) is 14.8. The molecule has 0 spiro atoms. The van der Waals surface area contributed by atoms with Gasteiger partial charge in [0.1, 0.15) is 0 Å². The summed E-state index contributed by atoms with van der Waals surface area (Å²) in [5.74, 6) is 0.154. The van der Waals surface area contributed by atoms with Gasteiger partial charge in [0.2, 0.25) is 10.0 Å². The van der Waals surface area contributed by atoms with Gasteiger partial charge in [0.15, 0.2) is 11.0 Å². The molecule has 3 aromatic rings. The van der Waals surface area contributed by atoms with Crippen LogP contribution in [0.2, 0.25) is 5.02 Å². The van der Waals surface area contributed by atoms with Gasteiger partial charge in [0.25, 0.3) is 0 Å². The maximum absolute atomic E-state index is 13.1. The van der Waals surface area contributed by atoms with Gasteiger partial charge in [-0.25, -0.2) is 13.1 Å². The van der Waals surface area contributed by atoms with Crippen molar-refractivity contribution in [3.05, 3.63) is 71.0 Å². The van der Waals surface area contributed by atoms with Crippen molar-refractivity contribution in [3.63, 3.8) is 0 Å². The number of hydrogen-bond acceptors (Lipinski definition) is 7.